The van der Waals surface area contributed by atoms with Gasteiger partial charge >= 0.3 is 0 Å². The van der Waals surface area contributed by atoms with Crippen LogP contribution in [0.3, 0.4) is 0 Å². The normalized spacial score (nSPS) is 12.3. The van der Waals surface area contributed by atoms with Crippen LogP contribution in [0.2, 0.25) is 0 Å². The Hall–Kier alpha value is -2.62. The molecule has 0 spiro atoms. The van der Waals surface area contributed by atoms with Gasteiger partial charge in [-0.25, -0.2) is 4.98 Å². The van der Waals surface area contributed by atoms with Gasteiger partial charge in [0.15, 0.2) is 0 Å². The molecule has 1 amide bonds. The molecule has 4 nitrogen and oxygen atoms in total. The Kier molecular flexibility index (Phi) is 4.42. The Balaban J connectivity index is 1.60. The fraction of sp³-hybridized carbons (Fsp3) is 0.263. The van der Waals surface area contributed by atoms with Crippen LogP contribution in [0.1, 0.15) is 29.3 Å². The van der Waals surface area contributed by atoms with E-state index in [1.807, 2.05) is 54.9 Å². The SMILES string of the molecule is CC(CCc1ccccc1)NC(=O)c1ccc2c(c1)ncn2C. The molecule has 0 bridgehead atoms. The molecule has 1 N–H and O–H groups in total. The summed E-state index contributed by atoms with van der Waals surface area (Å²) in [6, 6.07) is 16.1. The van der Waals surface area contributed by atoms with Crippen molar-refractivity contribution < 1.29 is 4.79 Å². The second kappa shape index (κ2) is 6.65. The summed E-state index contributed by atoms with van der Waals surface area (Å²) in [5.41, 5.74) is 3.82. The Morgan fingerprint density at radius 3 is 2.78 bits per heavy atom. The first kappa shape index (κ1) is 15.3. The Morgan fingerprint density at radius 1 is 1.22 bits per heavy atom. The van der Waals surface area contributed by atoms with Crippen LogP contribution >= 0.6 is 0 Å². The zero-order valence-corrected chi connectivity index (χ0v) is 13.5. The fourth-order valence-electron chi connectivity index (χ4n) is 2.68. The Morgan fingerprint density at radius 2 is 2.00 bits per heavy atom. The number of aryl methyl sites for hydroxylation is 2. The minimum Gasteiger partial charge on any atom is -0.350 e. The van der Waals surface area contributed by atoms with Crippen molar-refractivity contribution in [3.8, 4) is 0 Å². The molecule has 2 aromatic carbocycles. The van der Waals surface area contributed by atoms with E-state index in [1.165, 1.54) is 5.56 Å². The van der Waals surface area contributed by atoms with Crippen molar-refractivity contribution in [1.29, 1.82) is 0 Å². The van der Waals surface area contributed by atoms with Crippen LogP contribution in [0, 0.1) is 0 Å². The number of hydrogen-bond acceptors (Lipinski definition) is 2. The van der Waals surface area contributed by atoms with Gasteiger partial charge in [-0.05, 0) is 43.5 Å². The summed E-state index contributed by atoms with van der Waals surface area (Å²) >= 11 is 0. The number of fused-ring (bicyclic) bond motifs is 1. The summed E-state index contributed by atoms with van der Waals surface area (Å²) in [6.07, 6.45) is 3.64. The van der Waals surface area contributed by atoms with E-state index in [1.54, 1.807) is 6.33 Å². The first-order valence-corrected chi connectivity index (χ1v) is 7.89. The Bertz CT molecular complexity index is 808. The van der Waals surface area contributed by atoms with Gasteiger partial charge in [0, 0.05) is 18.7 Å². The smallest absolute Gasteiger partial charge is 0.251 e. The summed E-state index contributed by atoms with van der Waals surface area (Å²) in [4.78, 5) is 16.7. The van der Waals surface area contributed by atoms with Gasteiger partial charge in [0.05, 0.1) is 17.4 Å². The maximum absolute atomic E-state index is 12.4. The summed E-state index contributed by atoms with van der Waals surface area (Å²) in [7, 11) is 1.95. The number of amides is 1. The number of carbonyl (C=O) groups is 1. The average Bonchev–Trinajstić information content (AvgIpc) is 2.94. The van der Waals surface area contributed by atoms with E-state index in [4.69, 9.17) is 0 Å². The molecule has 1 aromatic heterocycles. The Labute approximate surface area is 136 Å². The zero-order valence-electron chi connectivity index (χ0n) is 13.5. The quantitative estimate of drug-likeness (QED) is 0.786. The lowest BCUT2D eigenvalue weighted by Gasteiger charge is -2.14. The second-order valence-corrected chi connectivity index (χ2v) is 5.96. The minimum atomic E-state index is -0.0434. The van der Waals surface area contributed by atoms with E-state index in [-0.39, 0.29) is 11.9 Å². The van der Waals surface area contributed by atoms with Gasteiger partial charge in [0.2, 0.25) is 0 Å². The second-order valence-electron chi connectivity index (χ2n) is 5.96. The van der Waals surface area contributed by atoms with Gasteiger partial charge in [-0.3, -0.25) is 4.79 Å². The van der Waals surface area contributed by atoms with Crippen LogP contribution in [-0.4, -0.2) is 21.5 Å². The number of hydrogen-bond donors (Lipinski definition) is 1. The standard InChI is InChI=1S/C19H21N3O/c1-14(8-9-15-6-4-3-5-7-15)21-19(23)16-10-11-18-17(12-16)20-13-22(18)2/h3-7,10-14H,8-9H2,1-2H3,(H,21,23). The molecule has 0 saturated heterocycles. The van der Waals surface area contributed by atoms with E-state index in [2.05, 4.69) is 22.4 Å². The lowest BCUT2D eigenvalue weighted by molar-refractivity contribution is 0.0938. The third-order valence-electron chi connectivity index (χ3n) is 4.07. The maximum Gasteiger partial charge on any atom is 0.251 e. The third kappa shape index (κ3) is 3.59. The maximum atomic E-state index is 12.4. The summed E-state index contributed by atoms with van der Waals surface area (Å²) < 4.78 is 1.94. The van der Waals surface area contributed by atoms with Crippen LogP contribution in [0.25, 0.3) is 11.0 Å². The van der Waals surface area contributed by atoms with Crippen LogP contribution in [0.5, 0.6) is 0 Å². The molecule has 3 aromatic rings. The first-order valence-electron chi connectivity index (χ1n) is 7.89. The lowest BCUT2D eigenvalue weighted by Crippen LogP contribution is -2.32. The van der Waals surface area contributed by atoms with Crippen LogP contribution < -0.4 is 5.32 Å². The van der Waals surface area contributed by atoms with E-state index < -0.39 is 0 Å². The topological polar surface area (TPSA) is 46.9 Å². The van der Waals surface area contributed by atoms with Gasteiger partial charge in [-0.1, -0.05) is 30.3 Å². The lowest BCUT2D eigenvalue weighted by atomic mass is 10.1. The van der Waals surface area contributed by atoms with Crippen LogP contribution in [0.15, 0.2) is 54.9 Å². The summed E-state index contributed by atoms with van der Waals surface area (Å²) in [6.45, 7) is 2.04. The van der Waals surface area contributed by atoms with E-state index in [0.717, 1.165) is 23.9 Å². The zero-order chi connectivity index (χ0) is 16.2. The predicted octanol–water partition coefficient (Wildman–Crippen LogP) is 3.32. The van der Waals surface area contributed by atoms with E-state index in [0.29, 0.717) is 5.56 Å². The highest BCUT2D eigenvalue weighted by Crippen LogP contribution is 2.14. The third-order valence-corrected chi connectivity index (χ3v) is 4.07. The molecule has 118 valence electrons. The number of aromatic nitrogens is 2. The molecule has 0 aliphatic heterocycles. The predicted molar refractivity (Wildman–Crippen MR) is 92.4 cm³/mol. The van der Waals surface area contributed by atoms with E-state index >= 15 is 0 Å². The summed E-state index contributed by atoms with van der Waals surface area (Å²) in [5.74, 6) is -0.0434. The van der Waals surface area contributed by atoms with Gasteiger partial charge in [0.25, 0.3) is 5.91 Å². The first-order chi connectivity index (χ1) is 11.1. The van der Waals surface area contributed by atoms with Crippen molar-refractivity contribution in [1.82, 2.24) is 14.9 Å². The molecule has 1 unspecified atom stereocenters. The monoisotopic (exact) mass is 307 g/mol. The molecule has 0 saturated carbocycles. The molecular weight excluding hydrogens is 286 g/mol. The molecular formula is C19H21N3O. The molecule has 1 atom stereocenters. The average molecular weight is 307 g/mol. The van der Waals surface area contributed by atoms with Crippen molar-refractivity contribution in [3.63, 3.8) is 0 Å². The molecule has 4 heteroatoms. The van der Waals surface area contributed by atoms with Gasteiger partial charge in [-0.15, -0.1) is 0 Å². The number of nitrogens with zero attached hydrogens (tertiary/aromatic N) is 2. The van der Waals surface area contributed by atoms with Crippen molar-refractivity contribution in [2.45, 2.75) is 25.8 Å². The van der Waals surface area contributed by atoms with Crippen LogP contribution in [0.4, 0.5) is 0 Å². The number of benzene rings is 2. The number of imidazole rings is 1. The van der Waals surface area contributed by atoms with Crippen molar-refractivity contribution in [3.05, 3.63) is 66.0 Å². The van der Waals surface area contributed by atoms with Crippen molar-refractivity contribution in [2.24, 2.45) is 7.05 Å². The molecule has 23 heavy (non-hydrogen) atoms. The highest BCUT2D eigenvalue weighted by Gasteiger charge is 2.11. The number of nitrogens with one attached hydrogen (secondary N) is 1. The van der Waals surface area contributed by atoms with Gasteiger partial charge < -0.3 is 9.88 Å². The number of carbonyl (C=O) groups excluding carboxylic acids is 1. The molecule has 0 aliphatic carbocycles. The molecule has 0 aliphatic rings. The van der Waals surface area contributed by atoms with Crippen LogP contribution in [-0.2, 0) is 13.5 Å². The minimum absolute atomic E-state index is 0.0434. The van der Waals surface area contributed by atoms with Crippen molar-refractivity contribution in [2.75, 3.05) is 0 Å². The molecule has 0 fully saturated rings. The van der Waals surface area contributed by atoms with E-state index in [9.17, 15) is 4.79 Å². The highest BCUT2D eigenvalue weighted by atomic mass is 16.1. The largest absolute Gasteiger partial charge is 0.350 e. The van der Waals surface area contributed by atoms with Crippen molar-refractivity contribution >= 4 is 16.9 Å². The van der Waals surface area contributed by atoms with Gasteiger partial charge in [-0.2, -0.15) is 0 Å². The number of rotatable bonds is 5. The highest BCUT2D eigenvalue weighted by molar-refractivity contribution is 5.97. The molecule has 0 radical (unpaired) electrons. The van der Waals surface area contributed by atoms with Gasteiger partial charge in [0.1, 0.15) is 0 Å². The molecule has 1 heterocycles. The summed E-state index contributed by atoms with van der Waals surface area (Å²) in [5, 5.41) is 3.06. The fourth-order valence-corrected chi connectivity index (χ4v) is 2.68. The molecule has 3 rings (SSSR count).